The molecule has 1 aromatic rings. The third-order valence-electron chi connectivity index (χ3n) is 3.56. The fourth-order valence-corrected chi connectivity index (χ4v) is 3.15. The SMILES string of the molecule is C[Si](C)(C)C#CC1CCCC1NCc1ccccc1. The first kappa shape index (κ1) is 14.4. The van der Waals surface area contributed by atoms with Crippen molar-refractivity contribution in [2.75, 3.05) is 0 Å². The molecule has 1 saturated carbocycles. The van der Waals surface area contributed by atoms with Crippen molar-refractivity contribution in [3.63, 3.8) is 0 Å². The summed E-state index contributed by atoms with van der Waals surface area (Å²) in [5.74, 6) is 4.12. The maximum atomic E-state index is 3.70. The lowest BCUT2D eigenvalue weighted by atomic mass is 10.0. The Morgan fingerprint density at radius 1 is 1.16 bits per heavy atom. The van der Waals surface area contributed by atoms with Crippen LogP contribution in [0, 0.1) is 17.4 Å². The van der Waals surface area contributed by atoms with Crippen LogP contribution in [0.15, 0.2) is 30.3 Å². The predicted molar refractivity (Wildman–Crippen MR) is 85.5 cm³/mol. The Bertz CT molecular complexity index is 450. The fraction of sp³-hybridized carbons (Fsp3) is 0.529. The molecular formula is C17H25NSi. The summed E-state index contributed by atoms with van der Waals surface area (Å²) in [5, 5.41) is 3.70. The molecule has 2 heteroatoms. The maximum absolute atomic E-state index is 3.70. The van der Waals surface area contributed by atoms with Gasteiger partial charge in [-0.1, -0.05) is 56.4 Å². The summed E-state index contributed by atoms with van der Waals surface area (Å²) in [4.78, 5) is 0. The Morgan fingerprint density at radius 2 is 1.89 bits per heavy atom. The summed E-state index contributed by atoms with van der Waals surface area (Å²) in [6.07, 6.45) is 3.86. The van der Waals surface area contributed by atoms with Crippen molar-refractivity contribution in [1.29, 1.82) is 0 Å². The van der Waals surface area contributed by atoms with Gasteiger partial charge in [-0.3, -0.25) is 0 Å². The van der Waals surface area contributed by atoms with Gasteiger partial charge in [0.15, 0.2) is 0 Å². The molecule has 2 unspecified atom stereocenters. The molecule has 1 aliphatic rings. The van der Waals surface area contributed by atoms with Crippen LogP contribution in [0.5, 0.6) is 0 Å². The van der Waals surface area contributed by atoms with Gasteiger partial charge in [0, 0.05) is 18.5 Å². The van der Waals surface area contributed by atoms with Crippen molar-refractivity contribution in [3.8, 4) is 11.5 Å². The number of rotatable bonds is 3. The van der Waals surface area contributed by atoms with E-state index in [1.165, 1.54) is 24.8 Å². The van der Waals surface area contributed by atoms with Crippen molar-refractivity contribution in [1.82, 2.24) is 5.32 Å². The molecule has 0 radical (unpaired) electrons. The number of hydrogen-bond acceptors (Lipinski definition) is 1. The van der Waals surface area contributed by atoms with Gasteiger partial charge in [0.05, 0.1) is 0 Å². The van der Waals surface area contributed by atoms with Crippen LogP contribution in [-0.4, -0.2) is 14.1 Å². The molecule has 0 aliphatic heterocycles. The average Bonchev–Trinajstić information content (AvgIpc) is 2.82. The first-order chi connectivity index (χ1) is 9.04. The molecule has 0 heterocycles. The summed E-state index contributed by atoms with van der Waals surface area (Å²) in [6.45, 7) is 7.93. The van der Waals surface area contributed by atoms with Gasteiger partial charge in [-0.15, -0.1) is 11.5 Å². The normalized spacial score (nSPS) is 22.9. The van der Waals surface area contributed by atoms with Crippen molar-refractivity contribution >= 4 is 8.07 Å². The Morgan fingerprint density at radius 3 is 2.58 bits per heavy atom. The van der Waals surface area contributed by atoms with Crippen LogP contribution in [0.3, 0.4) is 0 Å². The van der Waals surface area contributed by atoms with Crippen molar-refractivity contribution in [2.24, 2.45) is 5.92 Å². The number of hydrogen-bond donors (Lipinski definition) is 1. The second kappa shape index (κ2) is 6.41. The molecule has 19 heavy (non-hydrogen) atoms. The molecule has 0 aromatic heterocycles. The zero-order valence-electron chi connectivity index (χ0n) is 12.4. The van der Waals surface area contributed by atoms with Gasteiger partial charge in [0.2, 0.25) is 0 Å². The number of benzene rings is 1. The Labute approximate surface area is 118 Å². The highest BCUT2D eigenvalue weighted by atomic mass is 28.3. The molecule has 1 aliphatic carbocycles. The standard InChI is InChI=1S/C17H25NSi/c1-19(2,3)13-12-16-10-7-11-17(16)18-14-15-8-5-4-6-9-15/h4-6,8-9,16-18H,7,10-11,14H2,1-3H3. The summed E-state index contributed by atoms with van der Waals surface area (Å²) < 4.78 is 0. The minimum atomic E-state index is -1.23. The summed E-state index contributed by atoms with van der Waals surface area (Å²) in [7, 11) is -1.23. The van der Waals surface area contributed by atoms with Crippen LogP contribution in [0.25, 0.3) is 0 Å². The second-order valence-electron chi connectivity index (χ2n) is 6.53. The van der Waals surface area contributed by atoms with E-state index in [0.29, 0.717) is 12.0 Å². The van der Waals surface area contributed by atoms with Crippen LogP contribution in [0.2, 0.25) is 19.6 Å². The molecule has 2 rings (SSSR count). The lowest BCUT2D eigenvalue weighted by molar-refractivity contribution is 0.467. The molecule has 1 nitrogen and oxygen atoms in total. The highest BCUT2D eigenvalue weighted by molar-refractivity contribution is 6.83. The Kier molecular flexibility index (Phi) is 4.85. The van der Waals surface area contributed by atoms with E-state index >= 15 is 0 Å². The van der Waals surface area contributed by atoms with Crippen molar-refractivity contribution < 1.29 is 0 Å². The minimum Gasteiger partial charge on any atom is -0.309 e. The number of nitrogens with one attached hydrogen (secondary N) is 1. The third kappa shape index (κ3) is 4.85. The molecular weight excluding hydrogens is 246 g/mol. The van der Waals surface area contributed by atoms with Gasteiger partial charge < -0.3 is 5.32 Å². The van der Waals surface area contributed by atoms with E-state index in [1.54, 1.807) is 0 Å². The maximum Gasteiger partial charge on any atom is 0.129 e. The zero-order chi connectivity index (χ0) is 13.7. The molecule has 102 valence electrons. The topological polar surface area (TPSA) is 12.0 Å². The monoisotopic (exact) mass is 271 g/mol. The van der Waals surface area contributed by atoms with E-state index in [1.807, 2.05) is 0 Å². The van der Waals surface area contributed by atoms with Gasteiger partial charge in [-0.25, -0.2) is 0 Å². The smallest absolute Gasteiger partial charge is 0.129 e. The molecule has 0 amide bonds. The molecule has 1 N–H and O–H groups in total. The highest BCUT2D eigenvalue weighted by Gasteiger charge is 2.25. The highest BCUT2D eigenvalue weighted by Crippen LogP contribution is 2.25. The van der Waals surface area contributed by atoms with E-state index < -0.39 is 8.07 Å². The van der Waals surface area contributed by atoms with E-state index in [2.05, 4.69) is 66.8 Å². The quantitative estimate of drug-likeness (QED) is 0.651. The third-order valence-corrected chi connectivity index (χ3v) is 4.45. The van der Waals surface area contributed by atoms with Crippen LogP contribution in [-0.2, 0) is 6.54 Å². The van der Waals surface area contributed by atoms with Gasteiger partial charge in [-0.05, 0) is 18.4 Å². The van der Waals surface area contributed by atoms with Crippen LogP contribution >= 0.6 is 0 Å². The van der Waals surface area contributed by atoms with E-state index in [0.717, 1.165) is 6.54 Å². The van der Waals surface area contributed by atoms with Gasteiger partial charge in [-0.2, -0.15) is 0 Å². The van der Waals surface area contributed by atoms with Crippen molar-refractivity contribution in [3.05, 3.63) is 35.9 Å². The molecule has 0 spiro atoms. The lowest BCUT2D eigenvalue weighted by Crippen LogP contribution is -2.31. The van der Waals surface area contributed by atoms with E-state index in [9.17, 15) is 0 Å². The summed E-state index contributed by atoms with van der Waals surface area (Å²) >= 11 is 0. The van der Waals surface area contributed by atoms with Gasteiger partial charge >= 0.3 is 0 Å². The minimum absolute atomic E-state index is 0.565. The first-order valence-corrected chi connectivity index (χ1v) is 10.8. The first-order valence-electron chi connectivity index (χ1n) is 7.34. The summed E-state index contributed by atoms with van der Waals surface area (Å²) in [6, 6.07) is 11.2. The van der Waals surface area contributed by atoms with E-state index in [4.69, 9.17) is 0 Å². The molecule has 1 fully saturated rings. The molecule has 0 bridgehead atoms. The largest absolute Gasteiger partial charge is 0.309 e. The molecule has 0 saturated heterocycles. The van der Waals surface area contributed by atoms with Crippen LogP contribution < -0.4 is 5.32 Å². The lowest BCUT2D eigenvalue weighted by Gasteiger charge is -2.17. The Hall–Kier alpha value is -1.04. The van der Waals surface area contributed by atoms with Crippen LogP contribution in [0.4, 0.5) is 0 Å². The van der Waals surface area contributed by atoms with Gasteiger partial charge in [0.25, 0.3) is 0 Å². The summed E-state index contributed by atoms with van der Waals surface area (Å²) in [5.41, 5.74) is 4.91. The van der Waals surface area contributed by atoms with E-state index in [-0.39, 0.29) is 0 Å². The second-order valence-corrected chi connectivity index (χ2v) is 11.3. The Balaban J connectivity index is 1.90. The van der Waals surface area contributed by atoms with Gasteiger partial charge in [0.1, 0.15) is 8.07 Å². The molecule has 1 aromatic carbocycles. The van der Waals surface area contributed by atoms with Crippen LogP contribution in [0.1, 0.15) is 24.8 Å². The molecule has 2 atom stereocenters. The van der Waals surface area contributed by atoms with Crippen molar-refractivity contribution in [2.45, 2.75) is 51.5 Å². The average molecular weight is 271 g/mol. The predicted octanol–water partition coefficient (Wildman–Crippen LogP) is 3.83. The fourth-order valence-electron chi connectivity index (χ4n) is 2.53. The zero-order valence-corrected chi connectivity index (χ0v) is 13.4.